The van der Waals surface area contributed by atoms with Crippen molar-refractivity contribution in [3.8, 4) is 5.75 Å². The molecule has 1 saturated carbocycles. The van der Waals surface area contributed by atoms with Crippen LogP contribution < -0.4 is 41.1 Å². The van der Waals surface area contributed by atoms with Crippen LogP contribution >= 0.6 is 0 Å². The molecule has 332 valence electrons. The number of ether oxygens (including phenoxy) is 1. The maximum atomic E-state index is 13.3. The summed E-state index contributed by atoms with van der Waals surface area (Å²) < 4.78 is 7.30. The molecule has 3 atom stereocenters. The van der Waals surface area contributed by atoms with Crippen LogP contribution in [0.1, 0.15) is 91.7 Å². The highest BCUT2D eigenvalue weighted by atomic mass is 16.5. The average Bonchev–Trinajstić information content (AvgIpc) is 4.06. The van der Waals surface area contributed by atoms with Gasteiger partial charge in [0.05, 0.1) is 44.3 Å². The van der Waals surface area contributed by atoms with E-state index in [1.165, 1.54) is 7.11 Å². The van der Waals surface area contributed by atoms with E-state index in [0.717, 1.165) is 37.1 Å². The number of benzene rings is 2. The van der Waals surface area contributed by atoms with Crippen molar-refractivity contribution < 1.29 is 33.8 Å². The molecule has 2 unspecified atom stereocenters. The van der Waals surface area contributed by atoms with Crippen molar-refractivity contribution in [1.82, 2.24) is 45.8 Å². The summed E-state index contributed by atoms with van der Waals surface area (Å²) in [6.07, 6.45) is 8.07. The highest BCUT2D eigenvalue weighted by Crippen LogP contribution is 2.41. The zero-order valence-corrected chi connectivity index (χ0v) is 35.6. The molecule has 3 aliphatic heterocycles. The van der Waals surface area contributed by atoms with Gasteiger partial charge in [-0.3, -0.25) is 38.9 Å². The second-order valence-corrected chi connectivity index (χ2v) is 16.2. The summed E-state index contributed by atoms with van der Waals surface area (Å²) in [4.78, 5) is 78.3. The van der Waals surface area contributed by atoms with Crippen LogP contribution in [0.2, 0.25) is 0 Å². The Kier molecular flexibility index (Phi) is 12.9. The van der Waals surface area contributed by atoms with Gasteiger partial charge < -0.3 is 40.9 Å². The Morgan fingerprint density at radius 3 is 2.65 bits per heavy atom. The van der Waals surface area contributed by atoms with Crippen LogP contribution in [-0.2, 0) is 38.8 Å². The quantitative estimate of drug-likeness (QED) is 0.0701. The minimum Gasteiger partial charge on any atom is -0.495 e. The average molecular weight is 864 g/mol. The summed E-state index contributed by atoms with van der Waals surface area (Å²) in [6.45, 7) is 3.84. The highest BCUT2D eigenvalue weighted by molar-refractivity contribution is 6.04. The fourth-order valence-electron chi connectivity index (χ4n) is 8.90. The monoisotopic (exact) mass is 863 g/mol. The van der Waals surface area contributed by atoms with Crippen molar-refractivity contribution in [3.63, 3.8) is 0 Å². The summed E-state index contributed by atoms with van der Waals surface area (Å²) in [5, 5.41) is 33.9. The fraction of sp³-hybridized carbons (Fsp3) is 0.465. The molecular weight excluding hydrogens is 811 g/mol. The first-order valence-electron chi connectivity index (χ1n) is 21.5. The fourth-order valence-corrected chi connectivity index (χ4v) is 8.90. The number of hydrogen-bond donors (Lipinski definition) is 6. The standard InChI is InChI=1S/C43H53N13O7/c1-4-32-42(62)53(2)34-22-46-43(50-38(34)56(32)27-8-5-6-9-27)48-31-13-12-25(20-35(31)63-3)39(59)45-21-26-23-54(52-51-26)19-18-44-17-16-37(58)47-30-11-7-10-28-29(30)24-55(41(28)61)33-14-15-36(57)49-40(33)60/h7,10-13,20,22-23,27,32-33,41,44,61H,4-6,8-9,14-19,21,24H2,1-3H3,(H,45,59)(H,47,58)(H,46,48,50)(H,49,57,60)/t32-,33?,41?/m1/s1. The molecule has 2 aromatic heterocycles. The number of amides is 5. The molecule has 5 amide bonds. The Morgan fingerprint density at radius 1 is 1.05 bits per heavy atom. The molecule has 1 saturated heterocycles. The van der Waals surface area contributed by atoms with E-state index in [9.17, 15) is 29.1 Å². The lowest BCUT2D eigenvalue weighted by Gasteiger charge is -2.43. The van der Waals surface area contributed by atoms with E-state index >= 15 is 0 Å². The van der Waals surface area contributed by atoms with Crippen LogP contribution in [0, 0.1) is 0 Å². The zero-order chi connectivity index (χ0) is 44.2. The van der Waals surface area contributed by atoms with E-state index in [1.54, 1.807) is 70.3 Å². The highest BCUT2D eigenvalue weighted by Gasteiger charge is 2.42. The molecule has 4 aliphatic rings. The van der Waals surface area contributed by atoms with E-state index in [2.05, 4.69) is 46.8 Å². The molecule has 2 aromatic carbocycles. The van der Waals surface area contributed by atoms with E-state index in [1.807, 2.05) is 6.92 Å². The number of hydrogen-bond acceptors (Lipinski definition) is 15. The number of piperidine rings is 1. The summed E-state index contributed by atoms with van der Waals surface area (Å²) in [7, 11) is 3.29. The number of aromatic nitrogens is 5. The van der Waals surface area contributed by atoms with Gasteiger partial charge in [0.1, 0.15) is 29.4 Å². The molecule has 4 aromatic rings. The molecule has 8 rings (SSSR count). The number of carbonyl (C=O) groups excluding carboxylic acids is 5. The number of nitrogens with one attached hydrogen (secondary N) is 5. The molecule has 5 heterocycles. The number of likely N-dealkylation sites (N-methyl/N-ethyl adjacent to an activating group) is 1. The SMILES string of the molecule is CC[C@@H]1C(=O)N(C)c2cnc(Nc3ccc(C(=O)NCc4cn(CCNCCC(=O)Nc5cccc6c5CN(C5CCC(=O)NC5=O)C6O)nn4)cc3OC)nc2N1C1CCCC1. The number of rotatable bonds is 16. The predicted octanol–water partition coefficient (Wildman–Crippen LogP) is 2.48. The number of methoxy groups -OCH3 is 1. The van der Waals surface area contributed by atoms with Gasteiger partial charge in [0.25, 0.3) is 5.91 Å². The van der Waals surface area contributed by atoms with Crippen molar-refractivity contribution in [1.29, 1.82) is 0 Å². The van der Waals surface area contributed by atoms with E-state index < -0.39 is 18.2 Å². The number of fused-ring (bicyclic) bond motifs is 2. The second kappa shape index (κ2) is 18.9. The zero-order valence-electron chi connectivity index (χ0n) is 35.6. The van der Waals surface area contributed by atoms with Gasteiger partial charge >= 0.3 is 0 Å². The van der Waals surface area contributed by atoms with Crippen molar-refractivity contribution in [2.24, 2.45) is 0 Å². The van der Waals surface area contributed by atoms with Crippen molar-refractivity contribution in [2.75, 3.05) is 47.7 Å². The van der Waals surface area contributed by atoms with Crippen LogP contribution in [0.3, 0.4) is 0 Å². The lowest BCUT2D eigenvalue weighted by molar-refractivity contribution is -0.141. The molecule has 1 aliphatic carbocycles. The van der Waals surface area contributed by atoms with E-state index in [4.69, 9.17) is 9.72 Å². The smallest absolute Gasteiger partial charge is 0.251 e. The first-order chi connectivity index (χ1) is 30.5. The summed E-state index contributed by atoms with van der Waals surface area (Å²) in [6, 6.07) is 9.66. The first-order valence-corrected chi connectivity index (χ1v) is 21.5. The van der Waals surface area contributed by atoms with Gasteiger partial charge in [-0.25, -0.2) is 4.98 Å². The predicted molar refractivity (Wildman–Crippen MR) is 231 cm³/mol. The first kappa shape index (κ1) is 43.2. The maximum absolute atomic E-state index is 13.3. The van der Waals surface area contributed by atoms with Crippen LogP contribution in [0.25, 0.3) is 0 Å². The molecule has 2 fully saturated rings. The Hall–Kier alpha value is -6.51. The third-order valence-corrected chi connectivity index (χ3v) is 12.2. The van der Waals surface area contributed by atoms with Gasteiger partial charge in [-0.15, -0.1) is 5.10 Å². The van der Waals surface area contributed by atoms with Gasteiger partial charge in [-0.2, -0.15) is 4.98 Å². The molecule has 63 heavy (non-hydrogen) atoms. The number of nitrogens with zero attached hydrogens (tertiary/aromatic N) is 8. The third kappa shape index (κ3) is 9.18. The van der Waals surface area contributed by atoms with Gasteiger partial charge in [-0.1, -0.05) is 37.1 Å². The summed E-state index contributed by atoms with van der Waals surface area (Å²) in [5.41, 5.74) is 4.13. The Labute approximate surface area is 364 Å². The number of aliphatic hydroxyl groups is 1. The summed E-state index contributed by atoms with van der Waals surface area (Å²) in [5.74, 6) is 0.269. The van der Waals surface area contributed by atoms with Crippen LogP contribution in [0.15, 0.2) is 48.8 Å². The van der Waals surface area contributed by atoms with Crippen molar-refractivity contribution >= 4 is 58.4 Å². The second-order valence-electron chi connectivity index (χ2n) is 16.2. The van der Waals surface area contributed by atoms with Crippen molar-refractivity contribution in [2.45, 2.75) is 102 Å². The topological polar surface area (TPSA) is 241 Å². The maximum Gasteiger partial charge on any atom is 0.251 e. The minimum atomic E-state index is -1.02. The van der Waals surface area contributed by atoms with Gasteiger partial charge in [0.15, 0.2) is 5.82 Å². The van der Waals surface area contributed by atoms with Crippen LogP contribution in [0.5, 0.6) is 5.75 Å². The molecular formula is C43H53N13O7. The molecule has 20 heteroatoms. The lowest BCUT2D eigenvalue weighted by Crippen LogP contribution is -2.55. The largest absolute Gasteiger partial charge is 0.495 e. The number of carbonyl (C=O) groups is 5. The summed E-state index contributed by atoms with van der Waals surface area (Å²) >= 11 is 0. The molecule has 0 spiro atoms. The Bertz CT molecular complexity index is 2380. The molecule has 0 bridgehead atoms. The molecule has 6 N–H and O–H groups in total. The van der Waals surface area contributed by atoms with E-state index in [0.29, 0.717) is 78.1 Å². The van der Waals surface area contributed by atoms with Gasteiger partial charge in [0, 0.05) is 62.4 Å². The van der Waals surface area contributed by atoms with E-state index in [-0.39, 0.29) is 61.6 Å². The van der Waals surface area contributed by atoms with Crippen LogP contribution in [0.4, 0.5) is 28.8 Å². The lowest BCUT2D eigenvalue weighted by atomic mass is 10.0. The number of imide groups is 1. The Balaban J connectivity index is 0.788. The third-order valence-electron chi connectivity index (χ3n) is 12.2. The van der Waals surface area contributed by atoms with Crippen molar-refractivity contribution in [3.05, 3.63) is 71.2 Å². The normalized spacial score (nSPS) is 20.1. The minimum absolute atomic E-state index is 0.0481. The van der Waals surface area contributed by atoms with Gasteiger partial charge in [0.2, 0.25) is 29.6 Å². The number of aliphatic hydroxyl groups excluding tert-OH is 1. The van der Waals surface area contributed by atoms with Gasteiger partial charge in [-0.05, 0) is 55.5 Å². The van der Waals surface area contributed by atoms with Crippen LogP contribution in [-0.4, -0.2) is 110 Å². The number of anilines is 5. The molecule has 0 radical (unpaired) electrons. The Morgan fingerprint density at radius 2 is 1.87 bits per heavy atom. The molecule has 20 nitrogen and oxygen atoms in total.